The van der Waals surface area contributed by atoms with Crippen molar-refractivity contribution in [2.45, 2.75) is 0 Å². The summed E-state index contributed by atoms with van der Waals surface area (Å²) in [6, 6.07) is 58.2. The fourth-order valence-corrected chi connectivity index (χ4v) is 7.74. The first-order valence-electron chi connectivity index (χ1n) is 17.5. The van der Waals surface area contributed by atoms with Crippen LogP contribution in [0.4, 0.5) is 0 Å². The molecule has 3 heterocycles. The summed E-state index contributed by atoms with van der Waals surface area (Å²) >= 11 is 0. The molecule has 3 aromatic heterocycles. The lowest BCUT2D eigenvalue weighted by molar-refractivity contribution is 0.984. The van der Waals surface area contributed by atoms with Gasteiger partial charge < -0.3 is 4.57 Å². The second-order valence-corrected chi connectivity index (χ2v) is 13.2. The molecular weight excluding hydrogens is 633 g/mol. The number of fused-ring (bicyclic) bond motifs is 7. The Balaban J connectivity index is 1.20. The molecule has 4 nitrogen and oxygen atoms in total. The second-order valence-electron chi connectivity index (χ2n) is 13.2. The summed E-state index contributed by atoms with van der Waals surface area (Å²) < 4.78 is 4.59. The van der Waals surface area contributed by atoms with Gasteiger partial charge in [0.1, 0.15) is 0 Å². The van der Waals surface area contributed by atoms with Gasteiger partial charge in [0, 0.05) is 32.5 Å². The molecule has 0 radical (unpaired) electrons. The highest BCUT2D eigenvalue weighted by atomic mass is 15.2. The number of benzene rings is 7. The summed E-state index contributed by atoms with van der Waals surface area (Å²) in [6.07, 6.45) is 1.75. The van der Waals surface area contributed by atoms with Crippen LogP contribution in [0.2, 0.25) is 0 Å². The summed E-state index contributed by atoms with van der Waals surface area (Å²) in [5.74, 6) is 0.594. The van der Waals surface area contributed by atoms with Crippen molar-refractivity contribution in [1.82, 2.24) is 19.1 Å². The van der Waals surface area contributed by atoms with Crippen molar-refractivity contribution in [3.63, 3.8) is 0 Å². The normalized spacial score (nSPS) is 11.6. The zero-order chi connectivity index (χ0) is 34.8. The molecule has 0 atom stereocenters. The van der Waals surface area contributed by atoms with Gasteiger partial charge in [-0.05, 0) is 64.6 Å². The number of allylic oxidation sites excluding steroid dienone is 2. The summed E-state index contributed by atoms with van der Waals surface area (Å²) in [4.78, 5) is 10.2. The standard InChI is InChI=1S/C48H32N4/c1-3-31(2)41-30-42(33-15-5-4-6-16-33)50-48(49-41)52-45-22-12-9-19-37(45)39-26-24-35(29-47(39)52)34-25-27-46-40(28-34)38-20-10-11-21-44(38)51(46)43-23-13-17-32-14-7-8-18-36(32)43/h3-30H,1-2H2. The van der Waals surface area contributed by atoms with Crippen LogP contribution in [0.25, 0.3) is 94.0 Å². The van der Waals surface area contributed by atoms with E-state index >= 15 is 0 Å². The quantitative estimate of drug-likeness (QED) is 0.166. The van der Waals surface area contributed by atoms with E-state index in [1.807, 2.05) is 24.3 Å². The van der Waals surface area contributed by atoms with Crippen LogP contribution in [0.5, 0.6) is 0 Å². The van der Waals surface area contributed by atoms with Crippen molar-refractivity contribution in [2.24, 2.45) is 0 Å². The molecule has 0 saturated carbocycles. The first kappa shape index (κ1) is 29.8. The number of rotatable bonds is 6. The van der Waals surface area contributed by atoms with Crippen molar-refractivity contribution in [2.75, 3.05) is 0 Å². The topological polar surface area (TPSA) is 35.6 Å². The average Bonchev–Trinajstić information content (AvgIpc) is 3.72. The number of hydrogen-bond acceptors (Lipinski definition) is 2. The van der Waals surface area contributed by atoms with Crippen molar-refractivity contribution in [3.8, 4) is 34.0 Å². The highest BCUT2D eigenvalue weighted by Gasteiger charge is 2.19. The minimum Gasteiger partial charge on any atom is -0.309 e. The summed E-state index contributed by atoms with van der Waals surface area (Å²) in [7, 11) is 0. The van der Waals surface area contributed by atoms with Crippen LogP contribution in [0.3, 0.4) is 0 Å². The van der Waals surface area contributed by atoms with Crippen molar-refractivity contribution in [1.29, 1.82) is 0 Å². The highest BCUT2D eigenvalue weighted by molar-refractivity contribution is 6.13. The number of para-hydroxylation sites is 2. The van der Waals surface area contributed by atoms with Gasteiger partial charge in [-0.2, -0.15) is 0 Å². The lowest BCUT2D eigenvalue weighted by Crippen LogP contribution is -2.05. The molecule has 0 N–H and O–H groups in total. The van der Waals surface area contributed by atoms with Crippen molar-refractivity contribution < 1.29 is 0 Å². The fourth-order valence-electron chi connectivity index (χ4n) is 7.74. The average molecular weight is 665 g/mol. The molecule has 0 amide bonds. The van der Waals surface area contributed by atoms with E-state index in [2.05, 4.69) is 162 Å². The maximum Gasteiger partial charge on any atom is 0.235 e. The predicted molar refractivity (Wildman–Crippen MR) is 218 cm³/mol. The van der Waals surface area contributed by atoms with E-state index in [0.717, 1.165) is 55.5 Å². The Kier molecular flexibility index (Phi) is 6.76. The molecule has 7 aromatic carbocycles. The summed E-state index contributed by atoms with van der Waals surface area (Å²) in [5.41, 5.74) is 11.2. The van der Waals surface area contributed by atoms with Gasteiger partial charge in [0.2, 0.25) is 5.95 Å². The molecule has 0 spiro atoms. The molecule has 10 rings (SSSR count). The zero-order valence-electron chi connectivity index (χ0n) is 28.4. The molecule has 10 aromatic rings. The van der Waals surface area contributed by atoms with Crippen LogP contribution in [-0.4, -0.2) is 19.1 Å². The lowest BCUT2D eigenvalue weighted by atomic mass is 10.0. The van der Waals surface area contributed by atoms with Crippen LogP contribution in [0, 0.1) is 0 Å². The lowest BCUT2D eigenvalue weighted by Gasteiger charge is -2.12. The molecular formula is C48H32N4. The van der Waals surface area contributed by atoms with E-state index < -0.39 is 0 Å². The van der Waals surface area contributed by atoms with Gasteiger partial charge in [-0.1, -0.05) is 141 Å². The largest absolute Gasteiger partial charge is 0.309 e. The molecule has 0 aliphatic carbocycles. The molecule has 0 aliphatic heterocycles. The fraction of sp³-hybridized carbons (Fsp3) is 0. The number of nitrogens with zero attached hydrogens (tertiary/aromatic N) is 4. The number of hydrogen-bond donors (Lipinski definition) is 0. The third kappa shape index (κ3) is 4.62. The minimum atomic E-state index is 0.594. The van der Waals surface area contributed by atoms with Gasteiger partial charge in [-0.25, -0.2) is 9.97 Å². The van der Waals surface area contributed by atoms with Gasteiger partial charge in [-0.15, -0.1) is 0 Å². The van der Waals surface area contributed by atoms with Crippen LogP contribution < -0.4 is 0 Å². The third-order valence-electron chi connectivity index (χ3n) is 10.2. The highest BCUT2D eigenvalue weighted by Crippen LogP contribution is 2.39. The van der Waals surface area contributed by atoms with Gasteiger partial charge in [0.25, 0.3) is 0 Å². The Morgan fingerprint density at radius 2 is 1.08 bits per heavy atom. The van der Waals surface area contributed by atoms with Gasteiger partial charge in [-0.3, -0.25) is 4.57 Å². The van der Waals surface area contributed by atoms with Crippen LogP contribution in [-0.2, 0) is 0 Å². The van der Waals surface area contributed by atoms with E-state index in [1.165, 1.54) is 38.3 Å². The Hall–Kier alpha value is -7.04. The van der Waals surface area contributed by atoms with Crippen LogP contribution >= 0.6 is 0 Å². The zero-order valence-corrected chi connectivity index (χ0v) is 28.4. The van der Waals surface area contributed by atoms with E-state index in [4.69, 9.17) is 9.97 Å². The second kappa shape index (κ2) is 11.8. The Morgan fingerprint density at radius 1 is 0.462 bits per heavy atom. The molecule has 0 saturated heterocycles. The Labute approximate surface area is 300 Å². The SMILES string of the molecule is C=CC(=C)c1cc(-c2ccccc2)nc(-n2c3ccccc3c3ccc(-c4ccc5c(c4)c4ccccc4n5-c4cccc5ccccc45)cc32)n1. The maximum absolute atomic E-state index is 5.17. The van der Waals surface area contributed by atoms with Gasteiger partial charge in [0.05, 0.1) is 39.1 Å². The smallest absolute Gasteiger partial charge is 0.235 e. The molecule has 0 fully saturated rings. The third-order valence-corrected chi connectivity index (χ3v) is 10.2. The molecule has 4 heteroatoms. The Morgan fingerprint density at radius 3 is 1.88 bits per heavy atom. The van der Waals surface area contributed by atoms with E-state index in [1.54, 1.807) is 6.08 Å². The first-order chi connectivity index (χ1) is 25.7. The van der Waals surface area contributed by atoms with E-state index in [0.29, 0.717) is 5.95 Å². The van der Waals surface area contributed by atoms with Gasteiger partial charge in [0.15, 0.2) is 0 Å². The molecule has 0 aliphatic rings. The van der Waals surface area contributed by atoms with Crippen LogP contribution in [0.1, 0.15) is 5.69 Å². The van der Waals surface area contributed by atoms with Crippen molar-refractivity contribution >= 4 is 60.0 Å². The monoisotopic (exact) mass is 664 g/mol. The summed E-state index contributed by atoms with van der Waals surface area (Å²) in [6.45, 7) is 8.22. The molecule has 0 bridgehead atoms. The van der Waals surface area contributed by atoms with Crippen molar-refractivity contribution in [3.05, 3.63) is 189 Å². The summed E-state index contributed by atoms with van der Waals surface area (Å²) in [5, 5.41) is 7.19. The minimum absolute atomic E-state index is 0.594. The van der Waals surface area contributed by atoms with E-state index in [-0.39, 0.29) is 0 Å². The van der Waals surface area contributed by atoms with E-state index in [9.17, 15) is 0 Å². The Bertz CT molecular complexity index is 3050. The predicted octanol–water partition coefficient (Wildman–Crippen LogP) is 12.4. The van der Waals surface area contributed by atoms with Crippen LogP contribution in [0.15, 0.2) is 183 Å². The van der Waals surface area contributed by atoms with Gasteiger partial charge >= 0.3 is 0 Å². The molecule has 244 valence electrons. The molecule has 0 unspecified atom stereocenters. The maximum atomic E-state index is 5.17. The molecule has 52 heavy (non-hydrogen) atoms. The number of aromatic nitrogens is 4. The first-order valence-corrected chi connectivity index (χ1v) is 17.5.